The number of aromatic nitrogens is 2. The Morgan fingerprint density at radius 2 is 2.50 bits per heavy atom. The van der Waals surface area contributed by atoms with Gasteiger partial charge in [0.1, 0.15) is 0 Å². The molecule has 2 heterocycles. The topological polar surface area (TPSA) is 55.9 Å². The van der Waals surface area contributed by atoms with Gasteiger partial charge in [-0.05, 0) is 28.9 Å². The molecule has 2 aromatic rings. The fourth-order valence-electron chi connectivity index (χ4n) is 1.52. The summed E-state index contributed by atoms with van der Waals surface area (Å²) in [7, 11) is 0. The first-order valence-electron chi connectivity index (χ1n) is 4.97. The Bertz CT molecular complexity index is 465. The van der Waals surface area contributed by atoms with Crippen molar-refractivity contribution in [2.75, 3.05) is 0 Å². The molecule has 0 bridgehead atoms. The molecule has 2 aromatic heterocycles. The molecule has 0 aliphatic heterocycles. The molecule has 4 nitrogen and oxygen atoms in total. The lowest BCUT2D eigenvalue weighted by atomic mass is 10.1. The first kappa shape index (κ1) is 11.8. The van der Waals surface area contributed by atoms with Gasteiger partial charge in [-0.15, -0.1) is 11.3 Å². The van der Waals surface area contributed by atoms with Crippen LogP contribution in [0, 0.1) is 0 Å². The van der Waals surface area contributed by atoms with E-state index in [1.807, 2.05) is 22.5 Å². The number of nitrogens with zero attached hydrogens (tertiary/aromatic N) is 2. The van der Waals surface area contributed by atoms with E-state index in [2.05, 4.69) is 39.4 Å². The molecule has 0 aromatic carbocycles. The largest absolute Gasteiger partial charge is 0.273 e. The zero-order chi connectivity index (χ0) is 11.5. The third-order valence-corrected chi connectivity index (χ3v) is 4.11. The van der Waals surface area contributed by atoms with Crippen molar-refractivity contribution in [3.63, 3.8) is 0 Å². The van der Waals surface area contributed by atoms with Gasteiger partial charge in [0.2, 0.25) is 0 Å². The van der Waals surface area contributed by atoms with Gasteiger partial charge in [-0.1, -0.05) is 0 Å². The van der Waals surface area contributed by atoms with E-state index < -0.39 is 0 Å². The predicted molar refractivity (Wildman–Crippen MR) is 69.1 cm³/mol. The quantitative estimate of drug-likeness (QED) is 0.673. The molecule has 0 saturated heterocycles. The lowest BCUT2D eigenvalue weighted by Gasteiger charge is -2.11. The van der Waals surface area contributed by atoms with Gasteiger partial charge in [-0.3, -0.25) is 10.5 Å². The smallest absolute Gasteiger partial charge is 0.0833 e. The van der Waals surface area contributed by atoms with Gasteiger partial charge in [0.05, 0.1) is 12.2 Å². The highest BCUT2D eigenvalue weighted by atomic mass is 79.9. The zero-order valence-corrected chi connectivity index (χ0v) is 11.3. The SMILES string of the molecule is CCn1cc(C(NN)c2cc(Br)cs2)cn1. The standard InChI is InChI=1S/C10H13BrN4S/c1-2-15-5-7(4-13-15)10(14-12)9-3-8(11)6-16-9/h3-6,10,14H,2,12H2,1H3. The fraction of sp³-hybridized carbons (Fsp3) is 0.300. The third-order valence-electron chi connectivity index (χ3n) is 2.35. The maximum atomic E-state index is 5.60. The molecule has 0 fully saturated rings. The maximum Gasteiger partial charge on any atom is 0.0833 e. The molecule has 2 rings (SSSR count). The third kappa shape index (κ3) is 2.35. The van der Waals surface area contributed by atoms with Gasteiger partial charge in [0.15, 0.2) is 0 Å². The molecule has 16 heavy (non-hydrogen) atoms. The van der Waals surface area contributed by atoms with Crippen molar-refractivity contribution in [1.29, 1.82) is 0 Å². The summed E-state index contributed by atoms with van der Waals surface area (Å²) >= 11 is 5.11. The Morgan fingerprint density at radius 1 is 1.69 bits per heavy atom. The minimum absolute atomic E-state index is 0.0107. The van der Waals surface area contributed by atoms with E-state index in [-0.39, 0.29) is 6.04 Å². The molecule has 86 valence electrons. The van der Waals surface area contributed by atoms with Crippen LogP contribution in [0.1, 0.15) is 23.4 Å². The first-order valence-corrected chi connectivity index (χ1v) is 6.64. The van der Waals surface area contributed by atoms with Crippen molar-refractivity contribution >= 4 is 27.3 Å². The van der Waals surface area contributed by atoms with Crippen molar-refractivity contribution in [2.45, 2.75) is 19.5 Å². The molecular formula is C10H13BrN4S. The summed E-state index contributed by atoms with van der Waals surface area (Å²) < 4.78 is 2.97. The summed E-state index contributed by atoms with van der Waals surface area (Å²) in [6.07, 6.45) is 3.86. The highest BCUT2D eigenvalue weighted by Gasteiger charge is 2.16. The van der Waals surface area contributed by atoms with Crippen LogP contribution < -0.4 is 11.3 Å². The summed E-state index contributed by atoms with van der Waals surface area (Å²) in [5.74, 6) is 5.60. The van der Waals surface area contributed by atoms with E-state index in [0.29, 0.717) is 0 Å². The number of hydrogen-bond acceptors (Lipinski definition) is 4. The highest BCUT2D eigenvalue weighted by Crippen LogP contribution is 2.29. The summed E-state index contributed by atoms with van der Waals surface area (Å²) in [4.78, 5) is 1.17. The number of aryl methyl sites for hydroxylation is 1. The number of hydrazine groups is 1. The van der Waals surface area contributed by atoms with Gasteiger partial charge in [0.25, 0.3) is 0 Å². The zero-order valence-electron chi connectivity index (χ0n) is 8.85. The lowest BCUT2D eigenvalue weighted by molar-refractivity contribution is 0.637. The Morgan fingerprint density at radius 3 is 3.00 bits per heavy atom. The molecule has 0 spiro atoms. The molecule has 0 saturated carbocycles. The Kier molecular flexibility index (Phi) is 3.75. The van der Waals surface area contributed by atoms with Crippen molar-refractivity contribution in [3.05, 3.63) is 38.8 Å². The molecule has 0 radical (unpaired) electrons. The average molecular weight is 301 g/mol. The van der Waals surface area contributed by atoms with E-state index in [9.17, 15) is 0 Å². The summed E-state index contributed by atoms with van der Waals surface area (Å²) in [6, 6.07) is 2.08. The van der Waals surface area contributed by atoms with Crippen LogP contribution in [0.25, 0.3) is 0 Å². The second-order valence-corrected chi connectivity index (χ2v) is 5.25. The second-order valence-electron chi connectivity index (χ2n) is 3.40. The number of thiophene rings is 1. The van der Waals surface area contributed by atoms with Crippen molar-refractivity contribution in [3.8, 4) is 0 Å². The van der Waals surface area contributed by atoms with Crippen LogP contribution >= 0.6 is 27.3 Å². The monoisotopic (exact) mass is 300 g/mol. The summed E-state index contributed by atoms with van der Waals surface area (Å²) in [6.45, 7) is 2.93. The van der Waals surface area contributed by atoms with Crippen LogP contribution in [0.2, 0.25) is 0 Å². The fourth-order valence-corrected chi connectivity index (χ4v) is 3.05. The maximum absolute atomic E-state index is 5.60. The minimum Gasteiger partial charge on any atom is -0.273 e. The van der Waals surface area contributed by atoms with E-state index in [1.54, 1.807) is 11.3 Å². The average Bonchev–Trinajstić information content (AvgIpc) is 2.89. The van der Waals surface area contributed by atoms with E-state index >= 15 is 0 Å². The number of halogens is 1. The molecule has 1 atom stereocenters. The normalized spacial score (nSPS) is 12.9. The molecular weight excluding hydrogens is 288 g/mol. The lowest BCUT2D eigenvalue weighted by Crippen LogP contribution is -2.27. The van der Waals surface area contributed by atoms with E-state index in [4.69, 9.17) is 5.84 Å². The predicted octanol–water partition coefficient (Wildman–Crippen LogP) is 2.28. The number of nitrogens with two attached hydrogens (primary N) is 1. The van der Waals surface area contributed by atoms with E-state index in [1.165, 1.54) is 4.88 Å². The van der Waals surface area contributed by atoms with Gasteiger partial charge < -0.3 is 0 Å². The molecule has 3 N–H and O–H groups in total. The Balaban J connectivity index is 2.28. The summed E-state index contributed by atoms with van der Waals surface area (Å²) in [5, 5.41) is 6.30. The van der Waals surface area contributed by atoms with Crippen LogP contribution in [0.3, 0.4) is 0 Å². The summed E-state index contributed by atoms with van der Waals surface area (Å²) in [5.41, 5.74) is 3.90. The van der Waals surface area contributed by atoms with Gasteiger partial charge in [-0.25, -0.2) is 5.43 Å². The minimum atomic E-state index is 0.0107. The molecule has 0 amide bonds. The van der Waals surface area contributed by atoms with E-state index in [0.717, 1.165) is 16.6 Å². The molecule has 0 aliphatic rings. The van der Waals surface area contributed by atoms with Crippen molar-refractivity contribution in [2.24, 2.45) is 5.84 Å². The van der Waals surface area contributed by atoms with Gasteiger partial charge in [0, 0.05) is 33.0 Å². The highest BCUT2D eigenvalue weighted by molar-refractivity contribution is 9.10. The van der Waals surface area contributed by atoms with Crippen molar-refractivity contribution < 1.29 is 0 Å². The van der Waals surface area contributed by atoms with Gasteiger partial charge >= 0.3 is 0 Å². The number of rotatable bonds is 4. The first-order chi connectivity index (χ1) is 7.74. The van der Waals surface area contributed by atoms with Crippen LogP contribution in [0.4, 0.5) is 0 Å². The van der Waals surface area contributed by atoms with Crippen LogP contribution in [0.15, 0.2) is 28.3 Å². The number of nitrogens with one attached hydrogen (secondary N) is 1. The Hall–Kier alpha value is -0.690. The molecule has 1 unspecified atom stereocenters. The molecule has 6 heteroatoms. The second kappa shape index (κ2) is 5.09. The Labute approximate surface area is 107 Å². The van der Waals surface area contributed by atoms with Crippen molar-refractivity contribution in [1.82, 2.24) is 15.2 Å². The van der Waals surface area contributed by atoms with Crippen LogP contribution in [-0.2, 0) is 6.54 Å². The van der Waals surface area contributed by atoms with Crippen LogP contribution in [-0.4, -0.2) is 9.78 Å². The van der Waals surface area contributed by atoms with Gasteiger partial charge in [-0.2, -0.15) is 5.10 Å². The molecule has 0 aliphatic carbocycles. The number of hydrogen-bond donors (Lipinski definition) is 2. The van der Waals surface area contributed by atoms with Crippen LogP contribution in [0.5, 0.6) is 0 Å².